The van der Waals surface area contributed by atoms with Gasteiger partial charge in [0.2, 0.25) is 5.41 Å². The van der Waals surface area contributed by atoms with Gasteiger partial charge in [0.1, 0.15) is 0 Å². The van der Waals surface area contributed by atoms with Crippen LogP contribution in [-0.4, -0.2) is 24.3 Å². The minimum Gasteiger partial charge on any atom is -0.276 e. The first kappa shape index (κ1) is 12.2. The summed E-state index contributed by atoms with van der Waals surface area (Å²) >= 11 is 0. The van der Waals surface area contributed by atoms with Gasteiger partial charge < -0.3 is 0 Å². The number of imide groups is 2. The third kappa shape index (κ3) is 1.55. The standard InChI is InChI=1S/C11H8F2N2O3/c12-7(13)11(6-4-2-1-3-5-6)8(16)14-10(18)15-9(11)17/h1-5,7H,(H2,14,15,16,17,18). The molecule has 0 aliphatic carbocycles. The monoisotopic (exact) mass is 254 g/mol. The highest BCUT2D eigenvalue weighted by Crippen LogP contribution is 2.33. The Balaban J connectivity index is 2.61. The van der Waals surface area contributed by atoms with Crippen LogP contribution in [0.4, 0.5) is 13.6 Å². The molecule has 0 atom stereocenters. The van der Waals surface area contributed by atoms with Gasteiger partial charge in [-0.05, 0) is 5.56 Å². The molecule has 0 unspecified atom stereocenters. The summed E-state index contributed by atoms with van der Waals surface area (Å²) in [5.41, 5.74) is -2.85. The maximum Gasteiger partial charge on any atom is 0.328 e. The van der Waals surface area contributed by atoms with E-state index in [9.17, 15) is 23.2 Å². The van der Waals surface area contributed by atoms with Crippen molar-refractivity contribution in [2.24, 2.45) is 0 Å². The molecule has 4 amide bonds. The summed E-state index contributed by atoms with van der Waals surface area (Å²) in [7, 11) is 0. The number of alkyl halides is 2. The van der Waals surface area contributed by atoms with E-state index in [1.54, 1.807) is 16.7 Å². The molecular formula is C11H8F2N2O3. The van der Waals surface area contributed by atoms with Crippen molar-refractivity contribution in [1.29, 1.82) is 0 Å². The van der Waals surface area contributed by atoms with Crippen molar-refractivity contribution in [2.75, 3.05) is 0 Å². The fraction of sp³-hybridized carbons (Fsp3) is 0.182. The lowest BCUT2D eigenvalue weighted by Crippen LogP contribution is -2.67. The van der Waals surface area contributed by atoms with Gasteiger partial charge in [0.25, 0.3) is 18.2 Å². The molecule has 1 aromatic carbocycles. The van der Waals surface area contributed by atoms with Gasteiger partial charge in [-0.25, -0.2) is 13.6 Å². The largest absolute Gasteiger partial charge is 0.328 e. The normalized spacial score (nSPS) is 18.5. The molecule has 0 radical (unpaired) electrons. The summed E-state index contributed by atoms with van der Waals surface area (Å²) in [6.07, 6.45) is -3.27. The first-order valence-electron chi connectivity index (χ1n) is 5.00. The number of urea groups is 1. The van der Waals surface area contributed by atoms with Gasteiger partial charge in [-0.2, -0.15) is 0 Å². The molecule has 94 valence electrons. The van der Waals surface area contributed by atoms with Crippen LogP contribution in [0.25, 0.3) is 0 Å². The fourth-order valence-corrected chi connectivity index (χ4v) is 1.83. The van der Waals surface area contributed by atoms with Gasteiger partial charge in [0.05, 0.1) is 0 Å². The fourth-order valence-electron chi connectivity index (χ4n) is 1.83. The molecular weight excluding hydrogens is 246 g/mol. The van der Waals surface area contributed by atoms with E-state index in [1.807, 2.05) is 0 Å². The molecule has 1 aromatic rings. The molecule has 2 N–H and O–H groups in total. The number of carbonyl (C=O) groups excluding carboxylic acids is 3. The summed E-state index contributed by atoms with van der Waals surface area (Å²) in [4.78, 5) is 34.3. The Bertz CT molecular complexity index is 496. The molecule has 2 rings (SSSR count). The molecule has 7 heteroatoms. The Morgan fingerprint density at radius 2 is 1.44 bits per heavy atom. The molecule has 0 bridgehead atoms. The number of benzene rings is 1. The average molecular weight is 254 g/mol. The quantitative estimate of drug-likeness (QED) is 0.757. The highest BCUT2D eigenvalue weighted by molar-refractivity contribution is 6.23. The molecule has 1 aliphatic rings. The maximum absolute atomic E-state index is 13.3. The van der Waals surface area contributed by atoms with E-state index in [1.165, 1.54) is 24.3 Å². The smallest absolute Gasteiger partial charge is 0.276 e. The maximum atomic E-state index is 13.3. The van der Waals surface area contributed by atoms with Crippen LogP contribution in [0.5, 0.6) is 0 Å². The average Bonchev–Trinajstić information content (AvgIpc) is 2.29. The predicted molar refractivity (Wildman–Crippen MR) is 55.8 cm³/mol. The number of carbonyl (C=O) groups is 3. The van der Waals surface area contributed by atoms with Gasteiger partial charge in [-0.15, -0.1) is 0 Å². The SMILES string of the molecule is O=C1NC(=O)C(c2ccccc2)(C(F)F)C(=O)N1. The van der Waals surface area contributed by atoms with Crippen molar-refractivity contribution >= 4 is 17.8 Å². The number of hydrogen-bond donors (Lipinski definition) is 2. The summed E-state index contributed by atoms with van der Waals surface area (Å²) in [6.45, 7) is 0. The Morgan fingerprint density at radius 3 is 1.89 bits per heavy atom. The van der Waals surface area contributed by atoms with E-state index in [2.05, 4.69) is 0 Å². The molecule has 18 heavy (non-hydrogen) atoms. The van der Waals surface area contributed by atoms with E-state index < -0.39 is 29.7 Å². The van der Waals surface area contributed by atoms with Gasteiger partial charge in [0, 0.05) is 0 Å². The lowest BCUT2D eigenvalue weighted by Gasteiger charge is -2.33. The van der Waals surface area contributed by atoms with Crippen LogP contribution in [0.15, 0.2) is 30.3 Å². The summed E-state index contributed by atoms with van der Waals surface area (Å²) in [5, 5.41) is 3.38. The van der Waals surface area contributed by atoms with Crippen molar-refractivity contribution in [3.05, 3.63) is 35.9 Å². The summed E-state index contributed by atoms with van der Waals surface area (Å²) in [5.74, 6) is -2.64. The Kier molecular flexibility index (Phi) is 2.82. The van der Waals surface area contributed by atoms with E-state index in [0.29, 0.717) is 0 Å². The zero-order chi connectivity index (χ0) is 13.3. The van der Waals surface area contributed by atoms with Gasteiger partial charge in [-0.1, -0.05) is 30.3 Å². The van der Waals surface area contributed by atoms with Crippen molar-refractivity contribution in [1.82, 2.24) is 10.6 Å². The third-order valence-corrected chi connectivity index (χ3v) is 2.73. The minimum absolute atomic E-state index is 0.164. The zero-order valence-corrected chi connectivity index (χ0v) is 8.94. The second-order valence-corrected chi connectivity index (χ2v) is 3.71. The molecule has 0 saturated carbocycles. The molecule has 1 fully saturated rings. The minimum atomic E-state index is -3.27. The van der Waals surface area contributed by atoms with Crippen LogP contribution in [0.3, 0.4) is 0 Å². The van der Waals surface area contributed by atoms with Crippen LogP contribution in [-0.2, 0) is 15.0 Å². The molecule has 1 heterocycles. The Labute approximate surface area is 100 Å². The second kappa shape index (κ2) is 4.17. The van der Waals surface area contributed by atoms with Crippen LogP contribution in [0.2, 0.25) is 0 Å². The number of amides is 4. The summed E-state index contributed by atoms with van der Waals surface area (Å²) < 4.78 is 26.5. The van der Waals surface area contributed by atoms with Crippen molar-refractivity contribution in [3.8, 4) is 0 Å². The lowest BCUT2D eigenvalue weighted by molar-refractivity contribution is -0.146. The van der Waals surface area contributed by atoms with Gasteiger partial charge in [-0.3, -0.25) is 20.2 Å². The lowest BCUT2D eigenvalue weighted by atomic mass is 9.78. The van der Waals surface area contributed by atoms with Crippen LogP contribution in [0, 0.1) is 0 Å². The van der Waals surface area contributed by atoms with Crippen LogP contribution >= 0.6 is 0 Å². The Morgan fingerprint density at radius 1 is 0.944 bits per heavy atom. The first-order chi connectivity index (χ1) is 8.49. The topological polar surface area (TPSA) is 75.3 Å². The first-order valence-corrected chi connectivity index (χ1v) is 5.00. The predicted octanol–water partition coefficient (Wildman–Crippen LogP) is 0.555. The Hall–Kier alpha value is -2.31. The van der Waals surface area contributed by atoms with Gasteiger partial charge in [0.15, 0.2) is 0 Å². The number of barbiturate groups is 1. The van der Waals surface area contributed by atoms with Crippen LogP contribution in [0.1, 0.15) is 5.56 Å². The molecule has 0 aromatic heterocycles. The van der Waals surface area contributed by atoms with Crippen molar-refractivity contribution < 1.29 is 23.2 Å². The van der Waals surface area contributed by atoms with E-state index in [0.717, 1.165) is 0 Å². The number of hydrogen-bond acceptors (Lipinski definition) is 3. The third-order valence-electron chi connectivity index (χ3n) is 2.73. The highest BCUT2D eigenvalue weighted by Gasteiger charge is 2.58. The molecule has 5 nitrogen and oxygen atoms in total. The van der Waals surface area contributed by atoms with Crippen molar-refractivity contribution in [3.63, 3.8) is 0 Å². The number of rotatable bonds is 2. The number of nitrogens with one attached hydrogen (secondary N) is 2. The van der Waals surface area contributed by atoms with E-state index in [4.69, 9.17) is 0 Å². The van der Waals surface area contributed by atoms with Gasteiger partial charge >= 0.3 is 6.03 Å². The van der Waals surface area contributed by atoms with E-state index in [-0.39, 0.29) is 5.56 Å². The molecule has 1 saturated heterocycles. The second-order valence-electron chi connectivity index (χ2n) is 3.71. The van der Waals surface area contributed by atoms with Crippen molar-refractivity contribution in [2.45, 2.75) is 11.8 Å². The van der Waals surface area contributed by atoms with Crippen LogP contribution < -0.4 is 10.6 Å². The molecule has 0 spiro atoms. The zero-order valence-electron chi connectivity index (χ0n) is 8.94. The number of halogens is 2. The van der Waals surface area contributed by atoms with E-state index >= 15 is 0 Å². The highest BCUT2D eigenvalue weighted by atomic mass is 19.3. The molecule has 1 aliphatic heterocycles. The summed E-state index contributed by atoms with van der Waals surface area (Å²) in [6, 6.07) is 5.79.